The Balaban J connectivity index is 0.000000152. The van der Waals surface area contributed by atoms with Crippen molar-refractivity contribution in [3.63, 3.8) is 0 Å². The molecule has 4 aliphatic carbocycles. The Hall–Kier alpha value is -2.14. The first-order valence-electron chi connectivity index (χ1n) is 13.0. The fourth-order valence-corrected chi connectivity index (χ4v) is 9.52. The van der Waals surface area contributed by atoms with Crippen LogP contribution in [0.5, 0.6) is 0 Å². The van der Waals surface area contributed by atoms with Gasteiger partial charge in [0, 0.05) is 6.92 Å². The van der Waals surface area contributed by atoms with Gasteiger partial charge < -0.3 is 0 Å². The molecule has 0 N–H and O–H groups in total. The second-order valence-corrected chi connectivity index (χ2v) is 14.6. The number of hydrogen-bond donors (Lipinski definition) is 0. The van der Waals surface area contributed by atoms with Gasteiger partial charge in [-0.3, -0.25) is 4.18 Å². The minimum absolute atomic E-state index is 0.165. The van der Waals surface area contributed by atoms with E-state index in [1.54, 1.807) is 0 Å². The molecule has 37 heavy (non-hydrogen) atoms. The van der Waals surface area contributed by atoms with Gasteiger partial charge in [0.1, 0.15) is 0 Å². The highest BCUT2D eigenvalue weighted by Gasteiger charge is 2.52. The van der Waals surface area contributed by atoms with Crippen molar-refractivity contribution in [2.45, 2.75) is 50.4 Å². The Morgan fingerprint density at radius 2 is 1.03 bits per heavy atom. The molecule has 3 aromatic carbocycles. The monoisotopic (exact) mass is 542 g/mol. The smallest absolute Gasteiger partial charge is 0.262 e. The van der Waals surface area contributed by atoms with Crippen molar-refractivity contribution >= 4 is 34.0 Å². The van der Waals surface area contributed by atoms with Crippen molar-refractivity contribution in [1.82, 2.24) is 0 Å². The van der Waals surface area contributed by atoms with Crippen molar-refractivity contribution in [2.24, 2.45) is 23.7 Å². The predicted molar refractivity (Wildman–Crippen MR) is 147 cm³/mol. The van der Waals surface area contributed by atoms with Crippen LogP contribution in [0.25, 0.3) is 0 Å². The Labute approximate surface area is 220 Å². The molecule has 0 atom stereocenters. The van der Waals surface area contributed by atoms with E-state index in [4.69, 9.17) is 4.18 Å². The van der Waals surface area contributed by atoms with Crippen LogP contribution in [0.1, 0.15) is 39.0 Å². The Morgan fingerprint density at radius 3 is 1.35 bits per heavy atom. The zero-order valence-corrected chi connectivity index (χ0v) is 22.6. The summed E-state index contributed by atoms with van der Waals surface area (Å²) in [4.78, 5) is 0. The maximum atomic E-state index is 13.0. The third-order valence-electron chi connectivity index (χ3n) is 7.86. The molecule has 3 aromatic rings. The number of alkyl halides is 2. The molecule has 3 nitrogen and oxygen atoms in total. The summed E-state index contributed by atoms with van der Waals surface area (Å²) in [5, 5.41) is 0.390. The Bertz CT molecular complexity index is 1140. The first kappa shape index (κ1) is 26.5. The quantitative estimate of drug-likeness (QED) is 0.275. The fraction of sp³-hybridized carbons (Fsp3) is 0.400. The highest BCUT2D eigenvalue weighted by Crippen LogP contribution is 2.55. The molecule has 0 radical (unpaired) electrons. The van der Waals surface area contributed by atoms with E-state index in [1.807, 2.05) is 0 Å². The maximum Gasteiger partial charge on any atom is 0.367 e. The van der Waals surface area contributed by atoms with Crippen LogP contribution in [0, 0.1) is 23.7 Å². The van der Waals surface area contributed by atoms with E-state index in [2.05, 4.69) is 91.0 Å². The molecule has 0 saturated heterocycles. The molecular formula is C30H33F2O3PS. The van der Waals surface area contributed by atoms with Gasteiger partial charge in [-0.15, -0.1) is 0 Å². The lowest BCUT2D eigenvalue weighted by molar-refractivity contribution is -0.0814. The third-order valence-corrected chi connectivity index (χ3v) is 11.7. The average Bonchev–Trinajstić information content (AvgIpc) is 2.88. The van der Waals surface area contributed by atoms with Gasteiger partial charge in [-0.05, 0) is 79.6 Å². The van der Waals surface area contributed by atoms with Crippen LogP contribution in [-0.4, -0.2) is 19.8 Å². The summed E-state index contributed by atoms with van der Waals surface area (Å²) in [6.45, 7) is 0.387. The third kappa shape index (κ3) is 5.97. The molecule has 196 valence electrons. The fourth-order valence-electron chi connectivity index (χ4n) is 6.44. The summed E-state index contributed by atoms with van der Waals surface area (Å²) in [7, 11) is -5.22. The van der Waals surface area contributed by atoms with Crippen molar-refractivity contribution in [1.29, 1.82) is 0 Å². The van der Waals surface area contributed by atoms with Gasteiger partial charge in [0.05, 0.1) is 6.10 Å². The molecule has 0 spiro atoms. The minimum Gasteiger partial charge on any atom is -0.262 e. The van der Waals surface area contributed by atoms with Gasteiger partial charge in [-0.25, -0.2) is 0 Å². The molecule has 0 aromatic heterocycles. The van der Waals surface area contributed by atoms with Crippen molar-refractivity contribution in [3.05, 3.63) is 91.0 Å². The van der Waals surface area contributed by atoms with E-state index < -0.39 is 29.4 Å². The van der Waals surface area contributed by atoms with Crippen LogP contribution in [0.4, 0.5) is 8.78 Å². The normalized spacial score (nSPS) is 26.5. The minimum atomic E-state index is -4.78. The van der Waals surface area contributed by atoms with Gasteiger partial charge in [-0.1, -0.05) is 91.0 Å². The van der Waals surface area contributed by atoms with Crippen molar-refractivity contribution in [3.8, 4) is 0 Å². The standard InChI is InChI=1S/C18H15P.C12H18F2O3S/c1-4-10-16(11-5-1)19(17-12-6-2-7-13-17)18-14-8-3-9-15-18;1-12(13,14)18(15,16)17-11-9-3-7-2-8(5-9)6-10(11)4-7/h1-15H;7-11H,2-6H2,1H3. The molecular weight excluding hydrogens is 509 g/mol. The lowest BCUT2D eigenvalue weighted by atomic mass is 9.55. The number of benzene rings is 3. The molecule has 4 aliphatic rings. The molecule has 4 saturated carbocycles. The van der Waals surface area contributed by atoms with E-state index in [9.17, 15) is 17.2 Å². The van der Waals surface area contributed by atoms with E-state index >= 15 is 0 Å². The molecule has 0 unspecified atom stereocenters. The second-order valence-electron chi connectivity index (χ2n) is 10.6. The van der Waals surface area contributed by atoms with Gasteiger partial charge in [0.25, 0.3) is 0 Å². The molecule has 7 rings (SSSR count). The predicted octanol–water partition coefficient (Wildman–Crippen LogP) is 6.22. The Morgan fingerprint density at radius 1 is 0.676 bits per heavy atom. The van der Waals surface area contributed by atoms with Crippen LogP contribution >= 0.6 is 7.92 Å². The summed E-state index contributed by atoms with van der Waals surface area (Å²) < 4.78 is 53.9. The summed E-state index contributed by atoms with van der Waals surface area (Å²) in [6, 6.07) is 32.3. The first-order chi connectivity index (χ1) is 17.7. The summed E-state index contributed by atoms with van der Waals surface area (Å²) in [5.41, 5.74) is 0. The van der Waals surface area contributed by atoms with Crippen LogP contribution in [-0.2, 0) is 14.3 Å². The summed E-state index contributed by atoms with van der Waals surface area (Å²) >= 11 is 0. The zero-order chi connectivity index (χ0) is 26.0. The number of hydrogen-bond acceptors (Lipinski definition) is 3. The highest BCUT2D eigenvalue weighted by molar-refractivity contribution is 7.87. The first-order valence-corrected chi connectivity index (χ1v) is 15.7. The van der Waals surface area contributed by atoms with Crippen molar-refractivity contribution in [2.75, 3.05) is 0 Å². The van der Waals surface area contributed by atoms with E-state index in [0.717, 1.165) is 25.7 Å². The summed E-state index contributed by atoms with van der Waals surface area (Å²) in [5.74, 6) is 1.66. The molecule has 4 fully saturated rings. The molecule has 4 bridgehead atoms. The molecule has 0 heterocycles. The van der Waals surface area contributed by atoms with E-state index in [1.165, 1.54) is 22.3 Å². The largest absolute Gasteiger partial charge is 0.367 e. The summed E-state index contributed by atoms with van der Waals surface area (Å²) in [6.07, 6.45) is 4.51. The van der Waals surface area contributed by atoms with Gasteiger partial charge in [0.15, 0.2) is 0 Å². The zero-order valence-electron chi connectivity index (χ0n) is 20.9. The second kappa shape index (κ2) is 10.9. The maximum absolute atomic E-state index is 13.0. The molecule has 0 amide bonds. The lowest BCUT2D eigenvalue weighted by Gasteiger charge is -2.53. The van der Waals surface area contributed by atoms with Gasteiger partial charge in [-0.2, -0.15) is 17.2 Å². The van der Waals surface area contributed by atoms with Crippen LogP contribution in [0.2, 0.25) is 0 Å². The van der Waals surface area contributed by atoms with Crippen LogP contribution in [0.15, 0.2) is 91.0 Å². The topological polar surface area (TPSA) is 43.4 Å². The molecule has 7 heteroatoms. The van der Waals surface area contributed by atoms with Crippen molar-refractivity contribution < 1.29 is 21.4 Å². The lowest BCUT2D eigenvalue weighted by Crippen LogP contribution is -2.51. The van der Waals surface area contributed by atoms with Gasteiger partial charge in [0.2, 0.25) is 0 Å². The van der Waals surface area contributed by atoms with E-state index in [0.29, 0.717) is 18.8 Å². The molecule has 0 aliphatic heterocycles. The van der Waals surface area contributed by atoms with Crippen LogP contribution in [0.3, 0.4) is 0 Å². The SMILES string of the molecule is CC(F)(F)S(=O)(=O)OC1C2CC3CC(C2)CC1C3.c1ccc(P(c2ccccc2)c2ccccc2)cc1. The number of halogens is 2. The van der Waals surface area contributed by atoms with Gasteiger partial charge >= 0.3 is 15.4 Å². The van der Waals surface area contributed by atoms with Crippen LogP contribution < -0.4 is 15.9 Å². The number of rotatable bonds is 6. The Kier molecular flexibility index (Phi) is 7.81. The highest BCUT2D eigenvalue weighted by atomic mass is 32.2. The van der Waals surface area contributed by atoms with E-state index in [-0.39, 0.29) is 11.8 Å². The average molecular weight is 543 g/mol.